The highest BCUT2D eigenvalue weighted by Crippen LogP contribution is 2.31. The van der Waals surface area contributed by atoms with Gasteiger partial charge in [-0.25, -0.2) is 9.78 Å². The number of methoxy groups -OCH3 is 1. The minimum absolute atomic E-state index is 0.0245. The number of rotatable bonds is 4. The highest BCUT2D eigenvalue weighted by molar-refractivity contribution is 9.10. The zero-order chi connectivity index (χ0) is 14.7. The van der Waals surface area contributed by atoms with Gasteiger partial charge in [-0.3, -0.25) is 0 Å². The first kappa shape index (κ1) is 14.6. The highest BCUT2D eigenvalue weighted by Gasteiger charge is 2.14. The quantitative estimate of drug-likeness (QED) is 0.811. The Bertz CT molecular complexity index is 664. The molecule has 0 saturated carbocycles. The number of hydrogen-bond acceptors (Lipinski definition) is 4. The second kappa shape index (κ2) is 6.11. The second-order valence-electron chi connectivity index (χ2n) is 3.80. The number of anilines is 2. The number of carboxylic acid groups (broad SMARTS) is 1. The molecule has 0 aliphatic heterocycles. The van der Waals surface area contributed by atoms with Gasteiger partial charge in [-0.05, 0) is 30.3 Å². The van der Waals surface area contributed by atoms with Gasteiger partial charge < -0.3 is 15.2 Å². The molecule has 0 radical (unpaired) electrons. The molecular formula is C13H10BrClN2O3. The molecule has 1 heterocycles. The number of aromatic carboxylic acids is 1. The van der Waals surface area contributed by atoms with Crippen LogP contribution in [-0.2, 0) is 0 Å². The van der Waals surface area contributed by atoms with Gasteiger partial charge >= 0.3 is 5.97 Å². The van der Waals surface area contributed by atoms with Crippen molar-refractivity contribution in [2.75, 3.05) is 12.4 Å². The molecule has 0 unspecified atom stereocenters. The van der Waals surface area contributed by atoms with Crippen molar-refractivity contribution in [2.45, 2.75) is 0 Å². The van der Waals surface area contributed by atoms with Crippen LogP contribution in [0.15, 0.2) is 34.8 Å². The molecule has 1 aromatic carbocycles. The number of hydrogen-bond donors (Lipinski definition) is 2. The zero-order valence-electron chi connectivity index (χ0n) is 10.4. The fourth-order valence-electron chi connectivity index (χ4n) is 1.61. The van der Waals surface area contributed by atoms with Crippen LogP contribution in [0.1, 0.15) is 10.4 Å². The van der Waals surface area contributed by atoms with Crippen LogP contribution < -0.4 is 10.1 Å². The van der Waals surface area contributed by atoms with Gasteiger partial charge in [0, 0.05) is 4.47 Å². The van der Waals surface area contributed by atoms with E-state index in [2.05, 4.69) is 26.2 Å². The number of halogens is 2. The summed E-state index contributed by atoms with van der Waals surface area (Å²) in [4.78, 5) is 15.2. The molecule has 5 nitrogen and oxygen atoms in total. The first-order valence-corrected chi connectivity index (χ1v) is 6.68. The summed E-state index contributed by atoms with van der Waals surface area (Å²) in [6.45, 7) is 0. The topological polar surface area (TPSA) is 71.5 Å². The molecule has 0 aliphatic rings. The molecule has 0 saturated heterocycles. The average molecular weight is 358 g/mol. The highest BCUT2D eigenvalue weighted by atomic mass is 79.9. The van der Waals surface area contributed by atoms with Gasteiger partial charge in [0.2, 0.25) is 0 Å². The molecule has 7 heteroatoms. The molecule has 0 amide bonds. The van der Waals surface area contributed by atoms with E-state index in [1.54, 1.807) is 12.1 Å². The van der Waals surface area contributed by atoms with Gasteiger partial charge in [0.15, 0.2) is 0 Å². The molecule has 2 aromatic rings. The maximum absolute atomic E-state index is 11.2. The Kier molecular flexibility index (Phi) is 4.46. The minimum atomic E-state index is -1.09. The summed E-state index contributed by atoms with van der Waals surface area (Å²) in [6.07, 6.45) is 0. The number of ether oxygens (including phenoxy) is 1. The molecule has 20 heavy (non-hydrogen) atoms. The van der Waals surface area contributed by atoms with Crippen LogP contribution in [0.5, 0.6) is 5.75 Å². The van der Waals surface area contributed by atoms with Crippen molar-refractivity contribution in [3.05, 3.63) is 45.5 Å². The Balaban J connectivity index is 2.46. The average Bonchev–Trinajstić information content (AvgIpc) is 2.38. The second-order valence-corrected chi connectivity index (χ2v) is 5.11. The van der Waals surface area contributed by atoms with Crippen molar-refractivity contribution in [3.8, 4) is 5.75 Å². The van der Waals surface area contributed by atoms with Crippen LogP contribution in [0.3, 0.4) is 0 Å². The first-order valence-electron chi connectivity index (χ1n) is 5.51. The Hall–Kier alpha value is -1.79. The standard InChI is InChI=1S/C13H10BrClN2O3/c1-20-10-4-2-7(14)6-9(10)16-12-8(13(18)19)3-5-11(15)17-12/h2-6H,1H3,(H,16,17)(H,18,19). The summed E-state index contributed by atoms with van der Waals surface area (Å²) in [7, 11) is 1.53. The van der Waals surface area contributed by atoms with Crippen molar-refractivity contribution in [1.29, 1.82) is 0 Å². The van der Waals surface area contributed by atoms with Gasteiger partial charge in [0.05, 0.1) is 12.8 Å². The van der Waals surface area contributed by atoms with Crippen LogP contribution >= 0.6 is 27.5 Å². The molecule has 1 aromatic heterocycles. The van der Waals surface area contributed by atoms with E-state index in [1.165, 1.54) is 19.2 Å². The third kappa shape index (κ3) is 3.20. The van der Waals surface area contributed by atoms with Crippen LogP contribution in [0.4, 0.5) is 11.5 Å². The summed E-state index contributed by atoms with van der Waals surface area (Å²) in [5.74, 6) is -0.377. The lowest BCUT2D eigenvalue weighted by atomic mass is 10.2. The van der Waals surface area contributed by atoms with Crippen LogP contribution in [-0.4, -0.2) is 23.2 Å². The van der Waals surface area contributed by atoms with E-state index in [0.29, 0.717) is 11.4 Å². The lowest BCUT2D eigenvalue weighted by Gasteiger charge is -2.12. The number of carbonyl (C=O) groups is 1. The zero-order valence-corrected chi connectivity index (χ0v) is 12.7. The van der Waals surface area contributed by atoms with Gasteiger partial charge in [-0.15, -0.1) is 0 Å². The third-order valence-corrected chi connectivity index (χ3v) is 3.21. The van der Waals surface area contributed by atoms with Gasteiger partial charge in [-0.1, -0.05) is 27.5 Å². The summed E-state index contributed by atoms with van der Waals surface area (Å²) >= 11 is 9.15. The lowest BCUT2D eigenvalue weighted by Crippen LogP contribution is -2.05. The summed E-state index contributed by atoms with van der Waals surface area (Å²) in [5.41, 5.74) is 0.607. The van der Waals surface area contributed by atoms with Crippen molar-refractivity contribution < 1.29 is 14.6 Å². The molecule has 2 N–H and O–H groups in total. The number of pyridine rings is 1. The Morgan fingerprint density at radius 2 is 2.15 bits per heavy atom. The van der Waals surface area contributed by atoms with Gasteiger partial charge in [0.1, 0.15) is 22.3 Å². The van der Waals surface area contributed by atoms with E-state index in [0.717, 1.165) is 4.47 Å². The smallest absolute Gasteiger partial charge is 0.339 e. The molecule has 0 spiro atoms. The predicted octanol–water partition coefficient (Wildman–Crippen LogP) is 3.95. The SMILES string of the molecule is COc1ccc(Br)cc1Nc1nc(Cl)ccc1C(=O)O. The van der Waals surface area contributed by atoms with Crippen LogP contribution in [0.2, 0.25) is 5.15 Å². The molecule has 2 rings (SSSR count). The molecular weight excluding hydrogens is 348 g/mol. The number of aromatic nitrogens is 1. The maximum atomic E-state index is 11.2. The van der Waals surface area contributed by atoms with E-state index >= 15 is 0 Å². The van der Waals surface area contributed by atoms with Crippen LogP contribution in [0.25, 0.3) is 0 Å². The van der Waals surface area contributed by atoms with E-state index in [9.17, 15) is 4.79 Å². The van der Waals surface area contributed by atoms with Crippen molar-refractivity contribution in [1.82, 2.24) is 4.98 Å². The third-order valence-electron chi connectivity index (χ3n) is 2.51. The van der Waals surface area contributed by atoms with E-state index < -0.39 is 5.97 Å². The Labute approximate surface area is 128 Å². The lowest BCUT2D eigenvalue weighted by molar-refractivity contribution is 0.0697. The molecule has 104 valence electrons. The fourth-order valence-corrected chi connectivity index (χ4v) is 2.12. The largest absolute Gasteiger partial charge is 0.495 e. The van der Waals surface area contributed by atoms with Crippen molar-refractivity contribution >= 4 is 45.0 Å². The molecule has 0 bridgehead atoms. The Morgan fingerprint density at radius 3 is 2.80 bits per heavy atom. The van der Waals surface area contributed by atoms with E-state index in [4.69, 9.17) is 21.4 Å². The minimum Gasteiger partial charge on any atom is -0.495 e. The van der Waals surface area contributed by atoms with Crippen molar-refractivity contribution in [3.63, 3.8) is 0 Å². The first-order chi connectivity index (χ1) is 9.51. The monoisotopic (exact) mass is 356 g/mol. The number of benzene rings is 1. The van der Waals surface area contributed by atoms with Gasteiger partial charge in [-0.2, -0.15) is 0 Å². The number of nitrogens with zero attached hydrogens (tertiary/aromatic N) is 1. The number of nitrogens with one attached hydrogen (secondary N) is 1. The Morgan fingerprint density at radius 1 is 1.40 bits per heavy atom. The van der Waals surface area contributed by atoms with Gasteiger partial charge in [0.25, 0.3) is 0 Å². The molecule has 0 atom stereocenters. The molecule has 0 aliphatic carbocycles. The number of carboxylic acids is 1. The normalized spacial score (nSPS) is 10.2. The maximum Gasteiger partial charge on any atom is 0.339 e. The predicted molar refractivity (Wildman–Crippen MR) is 80.2 cm³/mol. The summed E-state index contributed by atoms with van der Waals surface area (Å²) in [6, 6.07) is 8.14. The van der Waals surface area contributed by atoms with E-state index in [1.807, 2.05) is 6.07 Å². The summed E-state index contributed by atoms with van der Waals surface area (Å²) in [5, 5.41) is 12.3. The van der Waals surface area contributed by atoms with E-state index in [-0.39, 0.29) is 16.5 Å². The van der Waals surface area contributed by atoms with Crippen LogP contribution in [0, 0.1) is 0 Å². The van der Waals surface area contributed by atoms with Crippen molar-refractivity contribution in [2.24, 2.45) is 0 Å². The molecule has 0 fully saturated rings. The fraction of sp³-hybridized carbons (Fsp3) is 0.0769. The summed E-state index contributed by atoms with van der Waals surface area (Å²) < 4.78 is 6.03.